The molecule has 2 aromatic carbocycles. The standard InChI is InChI=1S/C16H17FN2O/c1-11-7-8-13(17)15(9-11)19-16(20)14(18)10-12-5-3-2-4-6-12/h2-9,14H,10,18H2,1H3,(H,19,20)/t14-/m0/s1. The zero-order valence-electron chi connectivity index (χ0n) is 11.3. The molecule has 2 aromatic rings. The number of carbonyl (C=O) groups is 1. The summed E-state index contributed by atoms with van der Waals surface area (Å²) in [5, 5.41) is 2.53. The van der Waals surface area contributed by atoms with Crippen LogP contribution >= 0.6 is 0 Å². The Balaban J connectivity index is 2.02. The number of halogens is 1. The van der Waals surface area contributed by atoms with Gasteiger partial charge in [0.05, 0.1) is 11.7 Å². The maximum absolute atomic E-state index is 13.6. The number of anilines is 1. The van der Waals surface area contributed by atoms with Gasteiger partial charge in [-0.05, 0) is 36.6 Å². The van der Waals surface area contributed by atoms with Crippen LogP contribution < -0.4 is 11.1 Å². The van der Waals surface area contributed by atoms with Gasteiger partial charge < -0.3 is 11.1 Å². The quantitative estimate of drug-likeness (QED) is 0.899. The fraction of sp³-hybridized carbons (Fsp3) is 0.188. The molecule has 0 spiro atoms. The molecule has 20 heavy (non-hydrogen) atoms. The summed E-state index contributed by atoms with van der Waals surface area (Å²) in [5.74, 6) is -0.853. The number of hydrogen-bond donors (Lipinski definition) is 2. The van der Waals surface area contributed by atoms with Crippen LogP contribution in [0.25, 0.3) is 0 Å². The summed E-state index contributed by atoms with van der Waals surface area (Å²) in [4.78, 5) is 12.0. The minimum Gasteiger partial charge on any atom is -0.322 e. The maximum atomic E-state index is 13.6. The van der Waals surface area contributed by atoms with E-state index in [4.69, 9.17) is 5.73 Å². The lowest BCUT2D eigenvalue weighted by Crippen LogP contribution is -2.37. The van der Waals surface area contributed by atoms with Crippen molar-refractivity contribution >= 4 is 11.6 Å². The van der Waals surface area contributed by atoms with E-state index in [2.05, 4.69) is 5.32 Å². The van der Waals surface area contributed by atoms with Gasteiger partial charge in [-0.2, -0.15) is 0 Å². The Morgan fingerprint density at radius 1 is 1.25 bits per heavy atom. The van der Waals surface area contributed by atoms with Gasteiger partial charge in [0.1, 0.15) is 5.82 Å². The van der Waals surface area contributed by atoms with Crippen molar-refractivity contribution in [1.82, 2.24) is 0 Å². The van der Waals surface area contributed by atoms with Gasteiger partial charge in [0.2, 0.25) is 5.91 Å². The summed E-state index contributed by atoms with van der Waals surface area (Å²) in [5.41, 5.74) is 7.86. The first-order chi connectivity index (χ1) is 9.56. The van der Waals surface area contributed by atoms with Crippen molar-refractivity contribution in [2.24, 2.45) is 5.73 Å². The molecule has 1 amide bonds. The minimum absolute atomic E-state index is 0.165. The highest BCUT2D eigenvalue weighted by atomic mass is 19.1. The largest absolute Gasteiger partial charge is 0.322 e. The summed E-state index contributed by atoms with van der Waals surface area (Å²) in [6.07, 6.45) is 0.417. The molecule has 0 saturated carbocycles. The van der Waals surface area contributed by atoms with Gasteiger partial charge in [0.15, 0.2) is 0 Å². The average molecular weight is 272 g/mol. The molecule has 4 heteroatoms. The molecule has 0 saturated heterocycles. The van der Waals surface area contributed by atoms with Gasteiger partial charge in [-0.1, -0.05) is 36.4 Å². The van der Waals surface area contributed by atoms with Crippen molar-refractivity contribution in [3.63, 3.8) is 0 Å². The Kier molecular flexibility index (Phi) is 4.48. The second kappa shape index (κ2) is 6.30. The van der Waals surface area contributed by atoms with Crippen LogP contribution in [0.2, 0.25) is 0 Å². The number of rotatable bonds is 4. The first-order valence-electron chi connectivity index (χ1n) is 6.43. The Morgan fingerprint density at radius 3 is 2.65 bits per heavy atom. The smallest absolute Gasteiger partial charge is 0.241 e. The fourth-order valence-electron chi connectivity index (χ4n) is 1.92. The Labute approximate surface area is 117 Å². The molecule has 0 fully saturated rings. The molecule has 0 aliphatic heterocycles. The Hall–Kier alpha value is -2.20. The van der Waals surface area contributed by atoms with Gasteiger partial charge >= 0.3 is 0 Å². The van der Waals surface area contributed by atoms with Gasteiger partial charge in [-0.25, -0.2) is 4.39 Å². The second-order valence-electron chi connectivity index (χ2n) is 4.77. The highest BCUT2D eigenvalue weighted by Gasteiger charge is 2.15. The zero-order valence-corrected chi connectivity index (χ0v) is 11.3. The highest BCUT2D eigenvalue weighted by Crippen LogP contribution is 2.16. The van der Waals surface area contributed by atoms with Gasteiger partial charge in [-0.15, -0.1) is 0 Å². The molecule has 3 N–H and O–H groups in total. The number of aryl methyl sites for hydroxylation is 1. The van der Waals surface area contributed by atoms with Crippen molar-refractivity contribution in [2.75, 3.05) is 5.32 Å². The van der Waals surface area contributed by atoms with Crippen molar-refractivity contribution < 1.29 is 9.18 Å². The van der Waals surface area contributed by atoms with Crippen LogP contribution in [0.4, 0.5) is 10.1 Å². The van der Waals surface area contributed by atoms with E-state index in [9.17, 15) is 9.18 Å². The lowest BCUT2D eigenvalue weighted by molar-refractivity contribution is -0.117. The van der Waals surface area contributed by atoms with Crippen LogP contribution in [0.1, 0.15) is 11.1 Å². The van der Waals surface area contributed by atoms with Gasteiger partial charge in [0, 0.05) is 0 Å². The van der Waals surface area contributed by atoms with E-state index in [1.54, 1.807) is 12.1 Å². The minimum atomic E-state index is -0.711. The van der Waals surface area contributed by atoms with Crippen LogP contribution in [-0.4, -0.2) is 11.9 Å². The molecule has 0 aliphatic carbocycles. The Morgan fingerprint density at radius 2 is 1.95 bits per heavy atom. The first kappa shape index (κ1) is 14.2. The number of benzene rings is 2. The molecule has 2 rings (SSSR count). The molecule has 1 atom stereocenters. The van der Waals surface area contributed by atoms with Crippen LogP contribution in [-0.2, 0) is 11.2 Å². The fourth-order valence-corrected chi connectivity index (χ4v) is 1.92. The molecule has 0 aliphatic rings. The van der Waals surface area contributed by atoms with Crippen LogP contribution in [0.5, 0.6) is 0 Å². The Bertz CT molecular complexity index is 599. The molecular weight excluding hydrogens is 255 g/mol. The summed E-state index contributed by atoms with van der Waals surface area (Å²) < 4.78 is 13.6. The molecule has 0 bridgehead atoms. The molecule has 0 aromatic heterocycles. The van der Waals surface area contributed by atoms with E-state index in [-0.39, 0.29) is 5.69 Å². The van der Waals surface area contributed by atoms with E-state index >= 15 is 0 Å². The monoisotopic (exact) mass is 272 g/mol. The normalized spacial score (nSPS) is 11.9. The topological polar surface area (TPSA) is 55.1 Å². The van der Waals surface area contributed by atoms with Crippen molar-refractivity contribution in [3.05, 3.63) is 65.5 Å². The molecular formula is C16H17FN2O. The number of amides is 1. The summed E-state index contributed by atoms with van der Waals surface area (Å²) >= 11 is 0. The van der Waals surface area contributed by atoms with E-state index in [1.807, 2.05) is 37.3 Å². The third-order valence-corrected chi connectivity index (χ3v) is 3.01. The summed E-state index contributed by atoms with van der Waals surface area (Å²) in [6.45, 7) is 1.83. The van der Waals surface area contributed by atoms with E-state index < -0.39 is 17.8 Å². The lowest BCUT2D eigenvalue weighted by Gasteiger charge is -2.13. The lowest BCUT2D eigenvalue weighted by atomic mass is 10.1. The molecule has 3 nitrogen and oxygen atoms in total. The zero-order chi connectivity index (χ0) is 14.5. The van der Waals surface area contributed by atoms with Gasteiger partial charge in [-0.3, -0.25) is 4.79 Å². The molecule has 0 unspecified atom stereocenters. The van der Waals surface area contributed by atoms with Crippen LogP contribution in [0.3, 0.4) is 0 Å². The van der Waals surface area contributed by atoms with Crippen LogP contribution in [0, 0.1) is 12.7 Å². The number of nitrogens with one attached hydrogen (secondary N) is 1. The van der Waals surface area contributed by atoms with Crippen molar-refractivity contribution in [2.45, 2.75) is 19.4 Å². The maximum Gasteiger partial charge on any atom is 0.241 e. The predicted octanol–water partition coefficient (Wildman–Crippen LogP) is 2.64. The third kappa shape index (κ3) is 3.65. The molecule has 0 radical (unpaired) electrons. The number of carbonyl (C=O) groups excluding carboxylic acids is 1. The SMILES string of the molecule is Cc1ccc(F)c(NC(=O)[C@@H](N)Cc2ccccc2)c1. The summed E-state index contributed by atoms with van der Waals surface area (Å²) in [7, 11) is 0. The first-order valence-corrected chi connectivity index (χ1v) is 6.43. The van der Waals surface area contributed by atoms with Crippen molar-refractivity contribution in [3.8, 4) is 0 Å². The van der Waals surface area contributed by atoms with E-state index in [0.717, 1.165) is 11.1 Å². The number of nitrogens with two attached hydrogens (primary N) is 1. The van der Waals surface area contributed by atoms with E-state index in [1.165, 1.54) is 6.07 Å². The highest BCUT2D eigenvalue weighted by molar-refractivity contribution is 5.95. The number of hydrogen-bond acceptors (Lipinski definition) is 2. The van der Waals surface area contributed by atoms with Crippen LogP contribution in [0.15, 0.2) is 48.5 Å². The summed E-state index contributed by atoms with van der Waals surface area (Å²) in [6, 6.07) is 13.3. The predicted molar refractivity (Wildman–Crippen MR) is 77.9 cm³/mol. The van der Waals surface area contributed by atoms with Crippen molar-refractivity contribution in [1.29, 1.82) is 0 Å². The average Bonchev–Trinajstić information content (AvgIpc) is 2.44. The van der Waals surface area contributed by atoms with E-state index in [0.29, 0.717) is 6.42 Å². The molecule has 0 heterocycles. The van der Waals surface area contributed by atoms with Gasteiger partial charge in [0.25, 0.3) is 0 Å². The molecule has 104 valence electrons. The third-order valence-electron chi connectivity index (χ3n) is 3.01. The second-order valence-corrected chi connectivity index (χ2v) is 4.77.